The Hall–Kier alpha value is -1.45. The van der Waals surface area contributed by atoms with Crippen LogP contribution in [0.25, 0.3) is 0 Å². The van der Waals surface area contributed by atoms with E-state index in [2.05, 4.69) is 9.82 Å². The standard InChI is InChI=1S/C16H27N5O3S/c1-9-15(11(3)20(4)18-9)25(23,24)19-10(2)16(22)21-7-12-5-6-14(17)13(12)8-21/h10,12-14,19H,5-8,17H2,1-4H3. The summed E-state index contributed by atoms with van der Waals surface area (Å²) in [5.74, 6) is 0.602. The van der Waals surface area contributed by atoms with E-state index in [9.17, 15) is 13.2 Å². The topological polar surface area (TPSA) is 110 Å². The molecule has 3 N–H and O–H groups in total. The molecule has 1 aliphatic heterocycles. The van der Waals surface area contributed by atoms with Crippen molar-refractivity contribution in [2.24, 2.45) is 24.6 Å². The zero-order chi connectivity index (χ0) is 18.5. The molecule has 1 saturated carbocycles. The van der Waals surface area contributed by atoms with Gasteiger partial charge < -0.3 is 10.6 Å². The number of fused-ring (bicyclic) bond motifs is 1. The Morgan fingerprint density at radius 2 is 2.00 bits per heavy atom. The molecule has 4 unspecified atom stereocenters. The van der Waals surface area contributed by atoms with Gasteiger partial charge in [0.1, 0.15) is 4.90 Å². The van der Waals surface area contributed by atoms with Crippen molar-refractivity contribution >= 4 is 15.9 Å². The third kappa shape index (κ3) is 3.20. The van der Waals surface area contributed by atoms with Crippen LogP contribution in [0, 0.1) is 25.7 Å². The average Bonchev–Trinajstić information content (AvgIpc) is 3.14. The van der Waals surface area contributed by atoms with Gasteiger partial charge in [-0.05, 0) is 45.4 Å². The first kappa shape index (κ1) is 18.3. The number of sulfonamides is 1. The number of nitrogens with zero attached hydrogens (tertiary/aromatic N) is 3. The van der Waals surface area contributed by atoms with Crippen LogP contribution < -0.4 is 10.5 Å². The van der Waals surface area contributed by atoms with Gasteiger partial charge >= 0.3 is 0 Å². The molecule has 3 rings (SSSR count). The van der Waals surface area contributed by atoms with Crippen molar-refractivity contribution in [1.82, 2.24) is 19.4 Å². The Bertz CT molecular complexity index is 788. The van der Waals surface area contributed by atoms with Gasteiger partial charge in [0.05, 0.1) is 17.4 Å². The van der Waals surface area contributed by atoms with Crippen LogP contribution in [0.4, 0.5) is 0 Å². The minimum atomic E-state index is -3.81. The molecule has 2 heterocycles. The molecule has 9 heteroatoms. The van der Waals surface area contributed by atoms with Gasteiger partial charge in [-0.25, -0.2) is 8.42 Å². The maximum Gasteiger partial charge on any atom is 0.244 e. The van der Waals surface area contributed by atoms with Gasteiger partial charge in [0.2, 0.25) is 15.9 Å². The molecule has 1 aromatic heterocycles. The summed E-state index contributed by atoms with van der Waals surface area (Å²) in [6.45, 7) is 6.24. The summed E-state index contributed by atoms with van der Waals surface area (Å²) >= 11 is 0. The summed E-state index contributed by atoms with van der Waals surface area (Å²) in [5, 5.41) is 4.14. The molecular weight excluding hydrogens is 342 g/mol. The Morgan fingerprint density at radius 3 is 2.56 bits per heavy atom. The Balaban J connectivity index is 1.71. The molecule has 1 saturated heterocycles. The zero-order valence-corrected chi connectivity index (χ0v) is 16.0. The van der Waals surface area contributed by atoms with Crippen molar-refractivity contribution in [1.29, 1.82) is 0 Å². The van der Waals surface area contributed by atoms with Gasteiger partial charge in [-0.3, -0.25) is 9.48 Å². The largest absolute Gasteiger partial charge is 0.341 e. The fourth-order valence-corrected chi connectivity index (χ4v) is 5.88. The number of hydrogen-bond donors (Lipinski definition) is 2. The van der Waals surface area contributed by atoms with Crippen molar-refractivity contribution < 1.29 is 13.2 Å². The van der Waals surface area contributed by atoms with Gasteiger partial charge in [0, 0.05) is 26.2 Å². The van der Waals surface area contributed by atoms with Crippen molar-refractivity contribution in [3.8, 4) is 0 Å². The molecule has 8 nitrogen and oxygen atoms in total. The summed E-state index contributed by atoms with van der Waals surface area (Å²) in [7, 11) is -2.11. The second-order valence-corrected chi connectivity index (χ2v) is 9.03. The van der Waals surface area contributed by atoms with Gasteiger partial charge in [-0.15, -0.1) is 0 Å². The fourth-order valence-electron chi connectivity index (χ4n) is 4.25. The molecule has 1 aromatic rings. The number of amides is 1. The number of nitrogens with one attached hydrogen (secondary N) is 1. The maximum atomic E-state index is 12.7. The van der Waals surface area contributed by atoms with Gasteiger partial charge in [-0.2, -0.15) is 9.82 Å². The lowest BCUT2D eigenvalue weighted by molar-refractivity contribution is -0.131. The van der Waals surface area contributed by atoms with Crippen molar-refractivity contribution in [3.63, 3.8) is 0 Å². The molecule has 0 bridgehead atoms. The van der Waals surface area contributed by atoms with E-state index < -0.39 is 16.1 Å². The Labute approximate surface area is 148 Å². The average molecular weight is 369 g/mol. The third-order valence-electron chi connectivity index (χ3n) is 5.64. The predicted octanol–water partition coefficient (Wildman–Crippen LogP) is -0.101. The molecule has 2 aliphatic rings. The van der Waals surface area contributed by atoms with Crippen LogP contribution >= 0.6 is 0 Å². The zero-order valence-electron chi connectivity index (χ0n) is 15.2. The molecule has 0 spiro atoms. The number of carbonyl (C=O) groups is 1. The number of nitrogens with two attached hydrogens (primary N) is 1. The second kappa shape index (κ2) is 6.37. The number of carbonyl (C=O) groups excluding carboxylic acids is 1. The number of aromatic nitrogens is 2. The first-order chi connectivity index (χ1) is 11.6. The van der Waals surface area contributed by atoms with E-state index in [1.165, 1.54) is 4.68 Å². The van der Waals surface area contributed by atoms with E-state index >= 15 is 0 Å². The number of rotatable bonds is 4. The molecule has 2 fully saturated rings. The van der Waals surface area contributed by atoms with E-state index in [1.54, 1.807) is 32.7 Å². The minimum Gasteiger partial charge on any atom is -0.341 e. The molecule has 0 aromatic carbocycles. The predicted molar refractivity (Wildman–Crippen MR) is 93.2 cm³/mol. The fraction of sp³-hybridized carbons (Fsp3) is 0.750. The maximum absolute atomic E-state index is 12.7. The van der Waals surface area contributed by atoms with E-state index in [-0.39, 0.29) is 16.8 Å². The first-order valence-corrected chi connectivity index (χ1v) is 10.2. The van der Waals surface area contributed by atoms with Crippen LogP contribution in [0.5, 0.6) is 0 Å². The summed E-state index contributed by atoms with van der Waals surface area (Å²) in [6, 6.07) is -0.672. The molecule has 4 atom stereocenters. The molecule has 1 amide bonds. The molecule has 25 heavy (non-hydrogen) atoms. The van der Waals surface area contributed by atoms with Crippen LogP contribution in [0.3, 0.4) is 0 Å². The van der Waals surface area contributed by atoms with E-state index in [0.29, 0.717) is 36.3 Å². The highest BCUT2D eigenvalue weighted by molar-refractivity contribution is 7.89. The van der Waals surface area contributed by atoms with Crippen LogP contribution in [-0.2, 0) is 21.9 Å². The Kier molecular flexibility index (Phi) is 4.67. The van der Waals surface area contributed by atoms with E-state index in [0.717, 1.165) is 12.8 Å². The lowest BCUT2D eigenvalue weighted by Crippen LogP contribution is -2.47. The second-order valence-electron chi connectivity index (χ2n) is 7.37. The number of likely N-dealkylation sites (tertiary alicyclic amines) is 1. The highest BCUT2D eigenvalue weighted by Gasteiger charge is 2.43. The highest BCUT2D eigenvalue weighted by atomic mass is 32.2. The van der Waals surface area contributed by atoms with Crippen LogP contribution in [0.1, 0.15) is 31.2 Å². The van der Waals surface area contributed by atoms with E-state index in [4.69, 9.17) is 5.73 Å². The summed E-state index contributed by atoms with van der Waals surface area (Å²) < 4.78 is 29.5. The molecule has 140 valence electrons. The van der Waals surface area contributed by atoms with E-state index in [1.807, 2.05) is 0 Å². The highest BCUT2D eigenvalue weighted by Crippen LogP contribution is 2.37. The Morgan fingerprint density at radius 1 is 1.32 bits per heavy atom. The van der Waals surface area contributed by atoms with Gasteiger partial charge in [0.25, 0.3) is 0 Å². The third-order valence-corrected chi connectivity index (χ3v) is 7.43. The van der Waals surface area contributed by atoms with Crippen molar-refractivity contribution in [2.75, 3.05) is 13.1 Å². The number of aryl methyl sites for hydroxylation is 2. The smallest absolute Gasteiger partial charge is 0.244 e. The lowest BCUT2D eigenvalue weighted by atomic mass is 9.98. The lowest BCUT2D eigenvalue weighted by Gasteiger charge is -2.23. The van der Waals surface area contributed by atoms with Crippen LogP contribution in [0.15, 0.2) is 4.90 Å². The summed E-state index contributed by atoms with van der Waals surface area (Å²) in [6.07, 6.45) is 2.06. The van der Waals surface area contributed by atoms with Crippen LogP contribution in [0.2, 0.25) is 0 Å². The molecule has 0 radical (unpaired) electrons. The van der Waals surface area contributed by atoms with Crippen molar-refractivity contribution in [3.05, 3.63) is 11.4 Å². The first-order valence-electron chi connectivity index (χ1n) is 8.68. The van der Waals surface area contributed by atoms with Crippen molar-refractivity contribution in [2.45, 2.75) is 50.6 Å². The molecular formula is C16H27N5O3S. The minimum absolute atomic E-state index is 0.148. The normalized spacial score (nSPS) is 27.6. The quantitative estimate of drug-likeness (QED) is 0.770. The summed E-state index contributed by atoms with van der Waals surface area (Å²) in [4.78, 5) is 14.6. The monoisotopic (exact) mass is 369 g/mol. The molecule has 1 aliphatic carbocycles. The SMILES string of the molecule is Cc1nn(C)c(C)c1S(=O)(=O)NC(C)C(=O)N1CC2CCC(N)C2C1. The summed E-state index contributed by atoms with van der Waals surface area (Å²) in [5.41, 5.74) is 7.09. The van der Waals surface area contributed by atoms with Gasteiger partial charge in [0.15, 0.2) is 0 Å². The van der Waals surface area contributed by atoms with Crippen LogP contribution in [-0.4, -0.2) is 54.2 Å². The number of hydrogen-bond acceptors (Lipinski definition) is 5. The van der Waals surface area contributed by atoms with Gasteiger partial charge in [-0.1, -0.05) is 0 Å².